The minimum absolute atomic E-state index is 0.761. The molecule has 90 valence electrons. The fourth-order valence-electron chi connectivity index (χ4n) is 0.645. The first-order chi connectivity index (χ1) is 7.38. The van der Waals surface area contributed by atoms with Crippen molar-refractivity contribution in [2.45, 2.75) is 6.04 Å². The van der Waals surface area contributed by atoms with Gasteiger partial charge in [-0.25, -0.2) is 4.79 Å². The first-order valence-electron chi connectivity index (χ1n) is 4.02. The van der Waals surface area contributed by atoms with Crippen molar-refractivity contribution >= 4 is 23.8 Å². The molecular formula is C7H10N2O7. The lowest BCUT2D eigenvalue weighted by Gasteiger charge is -2.10. The number of rotatable bonds is 5. The first kappa shape index (κ1) is 13.8. The molecule has 9 nitrogen and oxygen atoms in total. The summed E-state index contributed by atoms with van der Waals surface area (Å²) >= 11 is 0. The zero-order valence-corrected chi connectivity index (χ0v) is 7.97. The lowest BCUT2D eigenvalue weighted by Crippen LogP contribution is -2.49. The molecule has 0 spiro atoms. The molecule has 0 aliphatic heterocycles. The van der Waals surface area contributed by atoms with Crippen LogP contribution in [0.15, 0.2) is 0 Å². The number of aliphatic hydroxyl groups is 1. The predicted molar refractivity (Wildman–Crippen MR) is 47.3 cm³/mol. The van der Waals surface area contributed by atoms with Crippen LogP contribution in [0.1, 0.15) is 0 Å². The Morgan fingerprint density at radius 1 is 1.06 bits per heavy atom. The molecule has 0 saturated heterocycles. The number of hydrogen-bond acceptors (Lipinski definition) is 5. The molecule has 1 atom stereocenters. The van der Waals surface area contributed by atoms with Crippen LogP contribution in [-0.4, -0.2) is 58.3 Å². The summed E-state index contributed by atoms with van der Waals surface area (Å²) in [5.74, 6) is -5.48. The van der Waals surface area contributed by atoms with E-state index in [4.69, 9.17) is 15.3 Å². The van der Waals surface area contributed by atoms with Gasteiger partial charge in [0.2, 0.25) is 0 Å². The average Bonchev–Trinajstić information content (AvgIpc) is 2.21. The highest BCUT2D eigenvalue weighted by atomic mass is 16.4. The molecule has 0 radical (unpaired) electrons. The van der Waals surface area contributed by atoms with Crippen molar-refractivity contribution in [2.24, 2.45) is 0 Å². The van der Waals surface area contributed by atoms with Crippen molar-refractivity contribution in [3.05, 3.63) is 0 Å². The van der Waals surface area contributed by atoms with Gasteiger partial charge in [0, 0.05) is 0 Å². The highest BCUT2D eigenvalue weighted by Crippen LogP contribution is 1.82. The first-order valence-corrected chi connectivity index (χ1v) is 4.02. The number of carboxylic acids is 2. The second-order valence-corrected chi connectivity index (χ2v) is 2.62. The van der Waals surface area contributed by atoms with Crippen LogP contribution in [0.3, 0.4) is 0 Å². The summed E-state index contributed by atoms with van der Waals surface area (Å²) in [7, 11) is 0. The molecule has 2 amide bonds. The van der Waals surface area contributed by atoms with Crippen molar-refractivity contribution in [2.75, 3.05) is 13.2 Å². The maximum atomic E-state index is 10.9. The van der Waals surface area contributed by atoms with Crippen LogP contribution in [0.4, 0.5) is 0 Å². The highest BCUT2D eigenvalue weighted by Gasteiger charge is 2.22. The molecule has 0 aliphatic carbocycles. The molecule has 0 heterocycles. The largest absolute Gasteiger partial charge is 0.480 e. The summed E-state index contributed by atoms with van der Waals surface area (Å²) in [5, 5.41) is 28.5. The smallest absolute Gasteiger partial charge is 0.328 e. The second kappa shape index (κ2) is 6.35. The Bertz CT molecular complexity index is 314. The normalized spacial score (nSPS) is 11.3. The number of carbonyl (C=O) groups is 4. The zero-order valence-electron chi connectivity index (χ0n) is 7.97. The molecule has 0 bridgehead atoms. The van der Waals surface area contributed by atoms with Gasteiger partial charge in [0.05, 0.1) is 6.61 Å². The molecule has 0 aliphatic rings. The Hall–Kier alpha value is -2.16. The maximum absolute atomic E-state index is 10.9. The van der Waals surface area contributed by atoms with Gasteiger partial charge in [-0.3, -0.25) is 14.4 Å². The summed E-state index contributed by atoms with van der Waals surface area (Å²) < 4.78 is 0. The van der Waals surface area contributed by atoms with Gasteiger partial charge in [-0.1, -0.05) is 0 Å². The predicted octanol–water partition coefficient (Wildman–Crippen LogP) is -3.25. The molecule has 9 heteroatoms. The number of amides is 2. The molecule has 0 saturated carbocycles. The molecule has 16 heavy (non-hydrogen) atoms. The monoisotopic (exact) mass is 234 g/mol. The highest BCUT2D eigenvalue weighted by molar-refractivity contribution is 6.35. The molecule has 0 aromatic carbocycles. The van der Waals surface area contributed by atoms with Crippen LogP contribution in [-0.2, 0) is 19.2 Å². The van der Waals surface area contributed by atoms with E-state index in [0.29, 0.717) is 0 Å². The van der Waals surface area contributed by atoms with Crippen LogP contribution in [0, 0.1) is 0 Å². The summed E-state index contributed by atoms with van der Waals surface area (Å²) in [4.78, 5) is 42.2. The van der Waals surface area contributed by atoms with E-state index in [9.17, 15) is 19.2 Å². The van der Waals surface area contributed by atoms with Gasteiger partial charge in [-0.05, 0) is 0 Å². The van der Waals surface area contributed by atoms with Crippen molar-refractivity contribution in [1.29, 1.82) is 0 Å². The average molecular weight is 234 g/mol. The van der Waals surface area contributed by atoms with Crippen LogP contribution in [0.5, 0.6) is 0 Å². The summed E-state index contributed by atoms with van der Waals surface area (Å²) in [5.41, 5.74) is 0. The van der Waals surface area contributed by atoms with E-state index in [2.05, 4.69) is 0 Å². The minimum Gasteiger partial charge on any atom is -0.480 e. The SMILES string of the molecule is O=C(O)CNC(=O)C(=O)N[C@@H](CO)C(=O)O. The van der Waals surface area contributed by atoms with E-state index in [1.807, 2.05) is 0 Å². The van der Waals surface area contributed by atoms with E-state index < -0.39 is 42.9 Å². The van der Waals surface area contributed by atoms with Crippen molar-refractivity contribution < 1.29 is 34.5 Å². The minimum atomic E-state index is -1.61. The Morgan fingerprint density at radius 3 is 2.00 bits per heavy atom. The molecule has 0 unspecified atom stereocenters. The Labute approximate surface area is 89.1 Å². The molecule has 0 fully saturated rings. The Balaban J connectivity index is 4.18. The maximum Gasteiger partial charge on any atom is 0.328 e. The van der Waals surface area contributed by atoms with E-state index in [1.165, 1.54) is 0 Å². The van der Waals surface area contributed by atoms with Crippen LogP contribution >= 0.6 is 0 Å². The number of carboxylic acid groups (broad SMARTS) is 2. The number of nitrogens with one attached hydrogen (secondary N) is 2. The number of aliphatic hydroxyl groups excluding tert-OH is 1. The van der Waals surface area contributed by atoms with Gasteiger partial charge in [0.1, 0.15) is 6.54 Å². The molecular weight excluding hydrogens is 224 g/mol. The second-order valence-electron chi connectivity index (χ2n) is 2.62. The van der Waals surface area contributed by atoms with E-state index in [1.54, 1.807) is 10.6 Å². The summed E-state index contributed by atoms with van der Waals surface area (Å²) in [6.45, 7) is -1.64. The van der Waals surface area contributed by atoms with Crippen LogP contribution in [0.2, 0.25) is 0 Å². The van der Waals surface area contributed by atoms with Crippen LogP contribution < -0.4 is 10.6 Å². The molecule has 5 N–H and O–H groups in total. The Morgan fingerprint density at radius 2 is 1.62 bits per heavy atom. The van der Waals surface area contributed by atoms with E-state index >= 15 is 0 Å². The lowest BCUT2D eigenvalue weighted by atomic mass is 10.3. The van der Waals surface area contributed by atoms with Crippen LogP contribution in [0.25, 0.3) is 0 Å². The van der Waals surface area contributed by atoms with Gasteiger partial charge >= 0.3 is 23.8 Å². The lowest BCUT2D eigenvalue weighted by molar-refractivity contribution is -0.146. The van der Waals surface area contributed by atoms with Crippen molar-refractivity contribution in [1.82, 2.24) is 10.6 Å². The van der Waals surface area contributed by atoms with E-state index in [0.717, 1.165) is 0 Å². The third-order valence-electron chi connectivity index (χ3n) is 1.39. The summed E-state index contributed by atoms with van der Waals surface area (Å²) in [6.07, 6.45) is 0. The van der Waals surface area contributed by atoms with Gasteiger partial charge < -0.3 is 26.0 Å². The topological polar surface area (TPSA) is 153 Å². The standard InChI is InChI=1S/C7H10N2O7/c10-2-3(7(15)16)9-6(14)5(13)8-1-4(11)12/h3,10H,1-2H2,(H,8,13)(H,9,14)(H,11,12)(H,15,16)/t3-/m0/s1. The number of carbonyl (C=O) groups excluding carboxylic acids is 2. The van der Waals surface area contributed by atoms with E-state index in [-0.39, 0.29) is 0 Å². The fourth-order valence-corrected chi connectivity index (χ4v) is 0.645. The quantitative estimate of drug-likeness (QED) is 0.313. The van der Waals surface area contributed by atoms with Gasteiger partial charge in [-0.15, -0.1) is 0 Å². The zero-order chi connectivity index (χ0) is 12.7. The Kier molecular flexibility index (Phi) is 5.49. The van der Waals surface area contributed by atoms with Gasteiger partial charge in [0.15, 0.2) is 6.04 Å². The fraction of sp³-hybridized carbons (Fsp3) is 0.429. The van der Waals surface area contributed by atoms with Crippen molar-refractivity contribution in [3.63, 3.8) is 0 Å². The van der Waals surface area contributed by atoms with Gasteiger partial charge in [-0.2, -0.15) is 0 Å². The number of hydrogen-bond donors (Lipinski definition) is 5. The third-order valence-corrected chi connectivity index (χ3v) is 1.39. The van der Waals surface area contributed by atoms with Crippen molar-refractivity contribution in [3.8, 4) is 0 Å². The third kappa shape index (κ3) is 4.91. The summed E-state index contributed by atoms with van der Waals surface area (Å²) in [6, 6.07) is -1.61. The molecule has 0 rings (SSSR count). The molecule has 0 aromatic heterocycles. The van der Waals surface area contributed by atoms with Gasteiger partial charge in [0.25, 0.3) is 0 Å². The molecule has 0 aromatic rings. The number of aliphatic carboxylic acids is 2.